The maximum absolute atomic E-state index is 12.8. The molecule has 0 atom stereocenters. The van der Waals surface area contributed by atoms with Crippen LogP contribution in [0, 0.1) is 0 Å². The van der Waals surface area contributed by atoms with E-state index in [1.165, 1.54) is 31.4 Å². The second-order valence-corrected chi connectivity index (χ2v) is 3.37. The van der Waals surface area contributed by atoms with Gasteiger partial charge in [0.15, 0.2) is 11.6 Å². The minimum atomic E-state index is -2.61. The maximum atomic E-state index is 12.8. The molecule has 0 saturated heterocycles. The van der Waals surface area contributed by atoms with Gasteiger partial charge in [0.2, 0.25) is 0 Å². The van der Waals surface area contributed by atoms with Crippen LogP contribution >= 0.6 is 0 Å². The van der Waals surface area contributed by atoms with Crippen LogP contribution in [0.2, 0.25) is 0 Å². The molecule has 0 aliphatic carbocycles. The summed E-state index contributed by atoms with van der Waals surface area (Å²) >= 11 is 0. The Morgan fingerprint density at radius 2 is 2.12 bits per heavy atom. The number of nitrogens with two attached hydrogens (primary N) is 1. The molecule has 2 aromatic rings. The standard InChI is InChI=1S/C11H10F2N2O2/c1-16-6-2-3-7(11(12)13)8(4-6)9-5-10(14)15-17-9/h2-5,11H,1H3,(H2,14,15). The Morgan fingerprint density at radius 3 is 2.65 bits per heavy atom. The highest BCUT2D eigenvalue weighted by Gasteiger charge is 2.18. The molecule has 0 bridgehead atoms. The SMILES string of the molecule is COc1ccc(C(F)F)c(-c2cc(N)no2)c1. The lowest BCUT2D eigenvalue weighted by Crippen LogP contribution is -1.91. The fourth-order valence-corrected chi connectivity index (χ4v) is 1.48. The van der Waals surface area contributed by atoms with Crippen molar-refractivity contribution < 1.29 is 18.0 Å². The number of rotatable bonds is 3. The van der Waals surface area contributed by atoms with Crippen molar-refractivity contribution in [2.24, 2.45) is 0 Å². The van der Waals surface area contributed by atoms with Crippen LogP contribution in [0.25, 0.3) is 11.3 Å². The molecule has 0 spiro atoms. The highest BCUT2D eigenvalue weighted by atomic mass is 19.3. The number of benzene rings is 1. The predicted octanol–water partition coefficient (Wildman–Crippen LogP) is 2.87. The molecule has 4 nitrogen and oxygen atoms in total. The van der Waals surface area contributed by atoms with Crippen LogP contribution in [0.3, 0.4) is 0 Å². The van der Waals surface area contributed by atoms with Crippen molar-refractivity contribution in [1.82, 2.24) is 5.16 Å². The molecule has 0 fully saturated rings. The van der Waals surface area contributed by atoms with E-state index in [9.17, 15) is 8.78 Å². The molecule has 0 aliphatic rings. The van der Waals surface area contributed by atoms with E-state index >= 15 is 0 Å². The first-order valence-electron chi connectivity index (χ1n) is 4.80. The first kappa shape index (κ1) is 11.4. The zero-order valence-electron chi connectivity index (χ0n) is 8.98. The number of methoxy groups -OCH3 is 1. The number of hydrogen-bond acceptors (Lipinski definition) is 4. The molecule has 1 heterocycles. The second kappa shape index (κ2) is 4.40. The van der Waals surface area contributed by atoms with Crippen molar-refractivity contribution in [2.45, 2.75) is 6.43 Å². The van der Waals surface area contributed by atoms with Gasteiger partial charge in [0, 0.05) is 17.2 Å². The number of alkyl halides is 2. The minimum absolute atomic E-state index is 0.142. The number of anilines is 1. The van der Waals surface area contributed by atoms with Gasteiger partial charge in [0.25, 0.3) is 6.43 Å². The number of ether oxygens (including phenoxy) is 1. The van der Waals surface area contributed by atoms with Crippen LogP contribution in [0.5, 0.6) is 5.75 Å². The van der Waals surface area contributed by atoms with Crippen molar-refractivity contribution in [1.29, 1.82) is 0 Å². The zero-order chi connectivity index (χ0) is 12.4. The predicted molar refractivity (Wildman–Crippen MR) is 57.9 cm³/mol. The lowest BCUT2D eigenvalue weighted by atomic mass is 10.1. The van der Waals surface area contributed by atoms with E-state index in [0.29, 0.717) is 5.75 Å². The molecule has 17 heavy (non-hydrogen) atoms. The Bertz CT molecular complexity index is 526. The molecule has 1 aromatic heterocycles. The molecule has 2 N–H and O–H groups in total. The summed E-state index contributed by atoms with van der Waals surface area (Å²) in [5.41, 5.74) is 5.46. The quantitative estimate of drug-likeness (QED) is 0.896. The van der Waals surface area contributed by atoms with E-state index < -0.39 is 6.43 Å². The van der Waals surface area contributed by atoms with Gasteiger partial charge in [-0.25, -0.2) is 8.78 Å². The average Bonchev–Trinajstić information content (AvgIpc) is 2.75. The summed E-state index contributed by atoms with van der Waals surface area (Å²) in [6.07, 6.45) is -2.61. The van der Waals surface area contributed by atoms with Gasteiger partial charge in [-0.15, -0.1) is 0 Å². The van der Waals surface area contributed by atoms with Crippen molar-refractivity contribution in [3.63, 3.8) is 0 Å². The summed E-state index contributed by atoms with van der Waals surface area (Å²) in [6, 6.07) is 5.60. The van der Waals surface area contributed by atoms with Gasteiger partial charge in [-0.05, 0) is 18.2 Å². The number of hydrogen-bond donors (Lipinski definition) is 1. The molecule has 2 rings (SSSR count). The number of nitrogens with zero attached hydrogens (tertiary/aromatic N) is 1. The molecule has 0 saturated carbocycles. The number of nitrogen functional groups attached to an aromatic ring is 1. The highest BCUT2D eigenvalue weighted by molar-refractivity contribution is 5.66. The van der Waals surface area contributed by atoms with Crippen molar-refractivity contribution >= 4 is 5.82 Å². The van der Waals surface area contributed by atoms with Gasteiger partial charge >= 0.3 is 0 Å². The molecule has 6 heteroatoms. The third-order valence-electron chi connectivity index (χ3n) is 2.29. The Morgan fingerprint density at radius 1 is 1.35 bits per heavy atom. The first-order valence-corrected chi connectivity index (χ1v) is 4.80. The molecule has 0 radical (unpaired) electrons. The van der Waals surface area contributed by atoms with E-state index in [1.54, 1.807) is 0 Å². The van der Waals surface area contributed by atoms with E-state index in [4.69, 9.17) is 15.0 Å². The summed E-state index contributed by atoms with van der Waals surface area (Å²) < 4.78 is 35.5. The van der Waals surface area contributed by atoms with Crippen LogP contribution in [-0.4, -0.2) is 12.3 Å². The van der Waals surface area contributed by atoms with Crippen LogP contribution in [0.4, 0.5) is 14.6 Å². The third-order valence-corrected chi connectivity index (χ3v) is 2.29. The molecule has 0 amide bonds. The molecule has 0 unspecified atom stereocenters. The maximum Gasteiger partial charge on any atom is 0.264 e. The average molecular weight is 240 g/mol. The van der Waals surface area contributed by atoms with Gasteiger partial charge in [-0.2, -0.15) is 0 Å². The van der Waals surface area contributed by atoms with Gasteiger partial charge < -0.3 is 15.0 Å². The molecular weight excluding hydrogens is 230 g/mol. The summed E-state index contributed by atoms with van der Waals surface area (Å²) in [5.74, 6) is 0.791. The number of halogens is 2. The fraction of sp³-hybridized carbons (Fsp3) is 0.182. The largest absolute Gasteiger partial charge is 0.497 e. The van der Waals surface area contributed by atoms with Gasteiger partial charge in [0.1, 0.15) is 5.75 Å². The summed E-state index contributed by atoms with van der Waals surface area (Å²) in [7, 11) is 1.45. The normalized spacial score (nSPS) is 10.8. The Balaban J connectivity index is 2.56. The monoisotopic (exact) mass is 240 g/mol. The van der Waals surface area contributed by atoms with E-state index in [2.05, 4.69) is 5.16 Å². The zero-order valence-corrected chi connectivity index (χ0v) is 8.98. The Hall–Kier alpha value is -2.11. The van der Waals surface area contributed by atoms with E-state index in [0.717, 1.165) is 0 Å². The fourth-order valence-electron chi connectivity index (χ4n) is 1.48. The van der Waals surface area contributed by atoms with Gasteiger partial charge in [-0.1, -0.05) is 5.16 Å². The lowest BCUT2D eigenvalue weighted by molar-refractivity contribution is 0.151. The molecule has 1 aromatic carbocycles. The molecular formula is C11H10F2N2O2. The summed E-state index contributed by atoms with van der Waals surface area (Å²) in [6.45, 7) is 0. The minimum Gasteiger partial charge on any atom is -0.497 e. The molecule has 90 valence electrons. The smallest absolute Gasteiger partial charge is 0.264 e. The Kier molecular flexibility index (Phi) is 2.95. The van der Waals surface area contributed by atoms with Crippen molar-refractivity contribution in [3.8, 4) is 17.1 Å². The first-order chi connectivity index (χ1) is 8.11. The van der Waals surface area contributed by atoms with Crippen LogP contribution in [-0.2, 0) is 0 Å². The van der Waals surface area contributed by atoms with E-state index in [1.807, 2.05) is 0 Å². The van der Waals surface area contributed by atoms with Crippen LogP contribution in [0.1, 0.15) is 12.0 Å². The van der Waals surface area contributed by atoms with E-state index in [-0.39, 0.29) is 22.7 Å². The highest BCUT2D eigenvalue weighted by Crippen LogP contribution is 2.34. The topological polar surface area (TPSA) is 61.3 Å². The third kappa shape index (κ3) is 2.20. The lowest BCUT2D eigenvalue weighted by Gasteiger charge is -2.08. The van der Waals surface area contributed by atoms with Crippen molar-refractivity contribution in [3.05, 3.63) is 29.8 Å². The van der Waals surface area contributed by atoms with Gasteiger partial charge in [-0.3, -0.25) is 0 Å². The Labute approximate surface area is 96.0 Å². The van der Waals surface area contributed by atoms with Crippen molar-refractivity contribution in [2.75, 3.05) is 12.8 Å². The van der Waals surface area contributed by atoms with Crippen LogP contribution < -0.4 is 10.5 Å². The van der Waals surface area contributed by atoms with Crippen LogP contribution in [0.15, 0.2) is 28.8 Å². The van der Waals surface area contributed by atoms with Gasteiger partial charge in [0.05, 0.1) is 7.11 Å². The molecule has 0 aliphatic heterocycles. The second-order valence-electron chi connectivity index (χ2n) is 3.37. The summed E-state index contributed by atoms with van der Waals surface area (Å²) in [4.78, 5) is 0. The summed E-state index contributed by atoms with van der Waals surface area (Å²) in [5, 5.41) is 3.47. The number of aromatic nitrogens is 1.